The molecule has 0 spiro atoms. The van der Waals surface area contributed by atoms with Crippen molar-refractivity contribution in [3.8, 4) is 5.75 Å². The SMILES string of the molecule is Cc1nc(COc2cccc(N)c2)n(C)c1C. The predicted molar refractivity (Wildman–Crippen MR) is 67.9 cm³/mol. The van der Waals surface area contributed by atoms with Gasteiger partial charge in [-0.25, -0.2) is 4.98 Å². The van der Waals surface area contributed by atoms with Crippen molar-refractivity contribution in [2.75, 3.05) is 5.73 Å². The molecule has 4 nitrogen and oxygen atoms in total. The van der Waals surface area contributed by atoms with Gasteiger partial charge in [-0.05, 0) is 26.0 Å². The lowest BCUT2D eigenvalue weighted by molar-refractivity contribution is 0.291. The monoisotopic (exact) mass is 231 g/mol. The molecule has 17 heavy (non-hydrogen) atoms. The zero-order valence-electron chi connectivity index (χ0n) is 10.4. The molecule has 4 heteroatoms. The summed E-state index contributed by atoms with van der Waals surface area (Å²) in [5.74, 6) is 1.69. The number of aromatic nitrogens is 2. The number of rotatable bonds is 3. The molecule has 0 saturated heterocycles. The molecule has 0 unspecified atom stereocenters. The van der Waals surface area contributed by atoms with Crippen LogP contribution in [0.4, 0.5) is 5.69 Å². The van der Waals surface area contributed by atoms with E-state index in [1.807, 2.05) is 49.7 Å². The topological polar surface area (TPSA) is 53.1 Å². The number of ether oxygens (including phenoxy) is 1. The van der Waals surface area contributed by atoms with Gasteiger partial charge >= 0.3 is 0 Å². The average Bonchev–Trinajstić information content (AvgIpc) is 2.54. The van der Waals surface area contributed by atoms with E-state index in [1.165, 1.54) is 0 Å². The van der Waals surface area contributed by atoms with Crippen molar-refractivity contribution in [3.63, 3.8) is 0 Å². The lowest BCUT2D eigenvalue weighted by Crippen LogP contribution is -2.04. The molecule has 0 aliphatic rings. The van der Waals surface area contributed by atoms with Gasteiger partial charge in [-0.1, -0.05) is 6.07 Å². The van der Waals surface area contributed by atoms with Gasteiger partial charge in [0.2, 0.25) is 0 Å². The molecule has 0 bridgehead atoms. The Kier molecular flexibility index (Phi) is 3.04. The fraction of sp³-hybridized carbons (Fsp3) is 0.308. The Morgan fingerprint density at radius 1 is 1.35 bits per heavy atom. The Morgan fingerprint density at radius 2 is 2.12 bits per heavy atom. The predicted octanol–water partition coefficient (Wildman–Crippen LogP) is 2.20. The summed E-state index contributed by atoms with van der Waals surface area (Å²) in [6.07, 6.45) is 0. The van der Waals surface area contributed by atoms with Gasteiger partial charge in [0, 0.05) is 24.5 Å². The van der Waals surface area contributed by atoms with E-state index < -0.39 is 0 Å². The Labute approximate surface area is 101 Å². The number of nitrogens with zero attached hydrogens (tertiary/aromatic N) is 2. The summed E-state index contributed by atoms with van der Waals surface area (Å²) in [5, 5.41) is 0. The quantitative estimate of drug-likeness (QED) is 0.824. The third-order valence-electron chi connectivity index (χ3n) is 2.94. The lowest BCUT2D eigenvalue weighted by atomic mass is 10.3. The van der Waals surface area contributed by atoms with Crippen LogP contribution in [0.2, 0.25) is 0 Å². The van der Waals surface area contributed by atoms with Gasteiger partial charge < -0.3 is 15.0 Å². The van der Waals surface area contributed by atoms with Crippen LogP contribution in [-0.2, 0) is 13.7 Å². The second-order valence-electron chi connectivity index (χ2n) is 4.12. The summed E-state index contributed by atoms with van der Waals surface area (Å²) in [5.41, 5.74) is 8.59. The van der Waals surface area contributed by atoms with Gasteiger partial charge in [-0.2, -0.15) is 0 Å². The third-order valence-corrected chi connectivity index (χ3v) is 2.94. The second kappa shape index (κ2) is 4.49. The van der Waals surface area contributed by atoms with Crippen LogP contribution in [0.3, 0.4) is 0 Å². The zero-order valence-corrected chi connectivity index (χ0v) is 10.4. The summed E-state index contributed by atoms with van der Waals surface area (Å²) in [6, 6.07) is 7.41. The first kappa shape index (κ1) is 11.5. The number of hydrogen-bond acceptors (Lipinski definition) is 3. The Morgan fingerprint density at radius 3 is 2.71 bits per heavy atom. The number of aryl methyl sites for hydroxylation is 1. The standard InChI is InChI=1S/C13H17N3O/c1-9-10(2)16(3)13(15-9)8-17-12-6-4-5-11(14)7-12/h4-7H,8,14H2,1-3H3. The summed E-state index contributed by atoms with van der Waals surface area (Å²) < 4.78 is 7.70. The second-order valence-corrected chi connectivity index (χ2v) is 4.12. The molecule has 0 aliphatic heterocycles. The maximum Gasteiger partial charge on any atom is 0.147 e. The molecule has 0 amide bonds. The first-order valence-electron chi connectivity index (χ1n) is 5.55. The summed E-state index contributed by atoms with van der Waals surface area (Å²) in [7, 11) is 1.99. The molecule has 2 rings (SSSR count). The van der Waals surface area contributed by atoms with Crippen molar-refractivity contribution >= 4 is 5.69 Å². The Bertz CT molecular complexity index is 531. The number of nitrogens with two attached hydrogens (primary N) is 1. The average molecular weight is 231 g/mol. The van der Waals surface area contributed by atoms with Gasteiger partial charge in [-0.3, -0.25) is 0 Å². The van der Waals surface area contributed by atoms with Crippen LogP contribution in [-0.4, -0.2) is 9.55 Å². The molecule has 1 aromatic carbocycles. The number of nitrogen functional groups attached to an aromatic ring is 1. The maximum absolute atomic E-state index is 5.68. The van der Waals surface area contributed by atoms with Crippen molar-refractivity contribution in [3.05, 3.63) is 41.5 Å². The summed E-state index contributed by atoms with van der Waals surface area (Å²) >= 11 is 0. The highest BCUT2D eigenvalue weighted by atomic mass is 16.5. The molecule has 1 heterocycles. The van der Waals surface area contributed by atoms with Crippen molar-refractivity contribution < 1.29 is 4.74 Å². The molecule has 0 saturated carbocycles. The molecule has 0 radical (unpaired) electrons. The molecule has 0 aliphatic carbocycles. The van der Waals surface area contributed by atoms with Crippen LogP contribution in [0.15, 0.2) is 24.3 Å². The summed E-state index contributed by atoms with van der Waals surface area (Å²) in [4.78, 5) is 4.45. The molecule has 2 aromatic rings. The molecule has 0 atom stereocenters. The van der Waals surface area contributed by atoms with E-state index in [9.17, 15) is 0 Å². The molecule has 90 valence electrons. The highest BCUT2D eigenvalue weighted by Gasteiger charge is 2.07. The number of anilines is 1. The maximum atomic E-state index is 5.68. The van der Waals surface area contributed by atoms with E-state index in [-0.39, 0.29) is 0 Å². The molecule has 2 N–H and O–H groups in total. The van der Waals surface area contributed by atoms with Crippen LogP contribution < -0.4 is 10.5 Å². The van der Waals surface area contributed by atoms with Crippen molar-refractivity contribution in [2.24, 2.45) is 7.05 Å². The fourth-order valence-electron chi connectivity index (χ4n) is 1.67. The minimum atomic E-state index is 0.453. The third kappa shape index (κ3) is 2.41. The highest BCUT2D eigenvalue weighted by molar-refractivity contribution is 5.43. The molecule has 1 aromatic heterocycles. The van der Waals surface area contributed by atoms with Gasteiger partial charge in [0.1, 0.15) is 18.2 Å². The zero-order chi connectivity index (χ0) is 12.4. The van der Waals surface area contributed by atoms with Crippen LogP contribution in [0, 0.1) is 13.8 Å². The van der Waals surface area contributed by atoms with Crippen LogP contribution in [0.5, 0.6) is 5.75 Å². The van der Waals surface area contributed by atoms with Gasteiger partial charge in [-0.15, -0.1) is 0 Å². The van der Waals surface area contributed by atoms with Crippen LogP contribution >= 0.6 is 0 Å². The molecule has 0 fully saturated rings. The number of hydrogen-bond donors (Lipinski definition) is 1. The smallest absolute Gasteiger partial charge is 0.147 e. The fourth-order valence-corrected chi connectivity index (χ4v) is 1.67. The van der Waals surface area contributed by atoms with E-state index >= 15 is 0 Å². The highest BCUT2D eigenvalue weighted by Crippen LogP contribution is 2.16. The Hall–Kier alpha value is -1.97. The molecular formula is C13H17N3O. The first-order chi connectivity index (χ1) is 8.08. The van der Waals surface area contributed by atoms with Gasteiger partial charge in [0.15, 0.2) is 0 Å². The van der Waals surface area contributed by atoms with E-state index in [2.05, 4.69) is 4.98 Å². The van der Waals surface area contributed by atoms with Gasteiger partial charge in [0.05, 0.1) is 5.69 Å². The Balaban J connectivity index is 2.10. The number of benzene rings is 1. The van der Waals surface area contributed by atoms with Crippen molar-refractivity contribution in [1.82, 2.24) is 9.55 Å². The van der Waals surface area contributed by atoms with Crippen LogP contribution in [0.1, 0.15) is 17.2 Å². The van der Waals surface area contributed by atoms with Crippen LogP contribution in [0.25, 0.3) is 0 Å². The molecular weight excluding hydrogens is 214 g/mol. The van der Waals surface area contributed by atoms with Crippen molar-refractivity contribution in [1.29, 1.82) is 0 Å². The summed E-state index contributed by atoms with van der Waals surface area (Å²) in [6.45, 7) is 4.50. The van der Waals surface area contributed by atoms with Gasteiger partial charge in [0.25, 0.3) is 0 Å². The van der Waals surface area contributed by atoms with E-state index in [1.54, 1.807) is 0 Å². The lowest BCUT2D eigenvalue weighted by Gasteiger charge is -2.07. The normalized spacial score (nSPS) is 10.5. The number of imidazole rings is 1. The largest absolute Gasteiger partial charge is 0.486 e. The first-order valence-corrected chi connectivity index (χ1v) is 5.55. The minimum Gasteiger partial charge on any atom is -0.486 e. The minimum absolute atomic E-state index is 0.453. The van der Waals surface area contributed by atoms with E-state index in [0.29, 0.717) is 12.3 Å². The van der Waals surface area contributed by atoms with E-state index in [0.717, 1.165) is 23.0 Å². The van der Waals surface area contributed by atoms with Crippen molar-refractivity contribution in [2.45, 2.75) is 20.5 Å². The van der Waals surface area contributed by atoms with E-state index in [4.69, 9.17) is 10.5 Å².